The predicted octanol–water partition coefficient (Wildman–Crippen LogP) is -0.436. The van der Waals surface area contributed by atoms with Gasteiger partial charge in [-0.25, -0.2) is 0 Å². The van der Waals surface area contributed by atoms with Gasteiger partial charge >= 0.3 is 0 Å². The fourth-order valence-electron chi connectivity index (χ4n) is 0. The van der Waals surface area contributed by atoms with Crippen molar-refractivity contribution in [1.29, 1.82) is 0 Å². The van der Waals surface area contributed by atoms with Gasteiger partial charge in [-0.3, -0.25) is 19.2 Å². The van der Waals surface area contributed by atoms with Gasteiger partial charge in [0.15, 0.2) is 0 Å². The maximum absolute atomic E-state index is 8.24. The maximum atomic E-state index is 8.24. The van der Waals surface area contributed by atoms with Crippen LogP contribution in [0.5, 0.6) is 0 Å². The van der Waals surface area contributed by atoms with Crippen LogP contribution < -0.4 is 0 Å². The molecule has 0 heterocycles. The minimum absolute atomic E-state index is 0. The summed E-state index contributed by atoms with van der Waals surface area (Å²) in [5, 5.41) is 27.1. The quantitative estimate of drug-likeness (QED) is 0.424. The molecule has 0 rings (SSSR count). The van der Waals surface area contributed by atoms with Crippen molar-refractivity contribution in [2.45, 2.75) is 0 Å². The molecule has 73 valence electrons. The fourth-order valence-corrected chi connectivity index (χ4v) is 0. The van der Waals surface area contributed by atoms with Crippen LogP contribution in [0, 0.1) is 0 Å². The molecule has 0 atom stereocenters. The van der Waals surface area contributed by atoms with Crippen LogP contribution in [0.2, 0.25) is 0 Å². The van der Waals surface area contributed by atoms with Gasteiger partial charge in [-0.2, -0.15) is 0 Å². The summed E-state index contributed by atoms with van der Waals surface area (Å²) >= 11 is 0. The third-order valence-corrected chi connectivity index (χ3v) is 0. The molecule has 0 aliphatic heterocycles. The van der Waals surface area contributed by atoms with Crippen LogP contribution in [-0.4, -0.2) is 24.3 Å². The molecule has 0 aromatic carbocycles. The summed E-state index contributed by atoms with van der Waals surface area (Å²) in [6.45, 7) is 0. The number of hydrogen-bond acceptors (Lipinski definition) is 4. The number of nitrogens with zero attached hydrogens (tertiary/aromatic N) is 4. The third kappa shape index (κ3) is 203. The Morgan fingerprint density at radius 2 is 0.538 bits per heavy atom. The largest absolute Gasteiger partial charge is 0.724 e. The molecule has 0 amide bonds. The Morgan fingerprint density at radius 1 is 0.538 bits per heavy atom. The minimum atomic E-state index is 0. The van der Waals surface area contributed by atoms with Crippen molar-refractivity contribution >= 4 is 24.3 Å². The maximum Gasteiger partial charge on any atom is 0 e. The summed E-state index contributed by atoms with van der Waals surface area (Å²) in [5.74, 6) is 0. The molecule has 1 radical (unpaired) electrons. The molecule has 0 aromatic heterocycles. The normalized spacial score (nSPS) is 2.46. The molecule has 0 N–H and O–H groups in total. The van der Waals surface area contributed by atoms with E-state index in [1.54, 1.807) is 0 Å². The first-order valence-electron chi connectivity index (χ1n) is 1.71. The standard InChI is InChI=1S/4CNO.Ir/c4*2-1-3;/q4*-1;. The van der Waals surface area contributed by atoms with Crippen molar-refractivity contribution in [3.8, 4) is 0 Å². The molecule has 0 spiro atoms. The summed E-state index contributed by atoms with van der Waals surface area (Å²) in [6.07, 6.45) is 2.00. The summed E-state index contributed by atoms with van der Waals surface area (Å²) in [4.78, 5) is 32.9. The molecule has 9 heteroatoms. The molecule has 8 nitrogen and oxygen atoms in total. The van der Waals surface area contributed by atoms with Crippen LogP contribution in [0.3, 0.4) is 0 Å². The number of carbonyl (C=O) groups excluding carboxylic acids is 4. The molecule has 0 fully saturated rings. The molecular formula is C4IrN4O4-4. The molecule has 0 saturated carbocycles. The summed E-state index contributed by atoms with van der Waals surface area (Å²) < 4.78 is 0. The molecule has 0 bridgehead atoms. The molecule has 0 aromatic rings. The molecule has 0 unspecified atom stereocenters. The summed E-state index contributed by atoms with van der Waals surface area (Å²) in [5.41, 5.74) is 0. The second-order valence-corrected chi connectivity index (χ2v) is 0.365. The monoisotopic (exact) mass is 361 g/mol. The zero-order valence-corrected chi connectivity index (χ0v) is 8.15. The van der Waals surface area contributed by atoms with Crippen LogP contribution in [0.4, 0.5) is 0 Å². The van der Waals surface area contributed by atoms with E-state index in [2.05, 4.69) is 0 Å². The van der Waals surface area contributed by atoms with Gasteiger partial charge in [-0.1, -0.05) is 0 Å². The van der Waals surface area contributed by atoms with E-state index >= 15 is 0 Å². The Bertz CT molecular complexity index is 156. The SMILES string of the molecule is [Ir].[N-]=C=O.[N-]=C=O.[N-]=C=O.[N-]=C=O. The van der Waals surface area contributed by atoms with Gasteiger partial charge in [0.1, 0.15) is 0 Å². The first-order chi connectivity index (χ1) is 5.66. The Kier molecular flexibility index (Phi) is 424. The predicted molar refractivity (Wildman–Crippen MR) is 36.2 cm³/mol. The second kappa shape index (κ2) is 182. The van der Waals surface area contributed by atoms with Crippen LogP contribution >= 0.6 is 0 Å². The van der Waals surface area contributed by atoms with E-state index in [1.807, 2.05) is 0 Å². The van der Waals surface area contributed by atoms with Crippen LogP contribution in [0.15, 0.2) is 0 Å². The first kappa shape index (κ1) is 30.3. The first-order valence-corrected chi connectivity index (χ1v) is 1.71. The van der Waals surface area contributed by atoms with Crippen LogP contribution in [-0.2, 0) is 39.3 Å². The summed E-state index contributed by atoms with van der Waals surface area (Å²) in [6, 6.07) is 0. The van der Waals surface area contributed by atoms with E-state index in [0.29, 0.717) is 24.3 Å². The Labute approximate surface area is 85.7 Å². The Hall–Kier alpha value is -1.83. The van der Waals surface area contributed by atoms with Gasteiger partial charge in [-0.05, 0) is 24.3 Å². The Morgan fingerprint density at radius 3 is 0.538 bits per heavy atom. The molecular weight excluding hydrogens is 360 g/mol. The van der Waals surface area contributed by atoms with E-state index in [0.717, 1.165) is 0 Å². The number of hydrogen-bond donors (Lipinski definition) is 0. The van der Waals surface area contributed by atoms with Gasteiger partial charge in [0.25, 0.3) is 0 Å². The average molecular weight is 360 g/mol. The van der Waals surface area contributed by atoms with E-state index in [-0.39, 0.29) is 20.1 Å². The van der Waals surface area contributed by atoms with E-state index in [1.165, 1.54) is 0 Å². The second-order valence-electron chi connectivity index (χ2n) is 0.365. The van der Waals surface area contributed by atoms with E-state index < -0.39 is 0 Å². The molecule has 0 aliphatic rings. The molecule has 0 aliphatic carbocycles. The number of rotatable bonds is 0. The molecule has 0 saturated heterocycles. The van der Waals surface area contributed by atoms with Gasteiger partial charge in [-0.15, -0.1) is 0 Å². The Balaban J connectivity index is -0.0000000213. The van der Waals surface area contributed by atoms with Crippen LogP contribution in [0.25, 0.3) is 21.6 Å². The third-order valence-electron chi connectivity index (χ3n) is 0. The van der Waals surface area contributed by atoms with Gasteiger partial charge in [0.05, 0.1) is 0 Å². The fraction of sp³-hybridized carbons (Fsp3) is 0. The zero-order chi connectivity index (χ0) is 10.8. The van der Waals surface area contributed by atoms with Gasteiger partial charge in [0.2, 0.25) is 0 Å². The minimum Gasteiger partial charge on any atom is -0.724 e. The smallest absolute Gasteiger partial charge is 0 e. The number of isocyanates is 4. The average Bonchev–Trinajstić information content (AvgIpc) is 1.92. The van der Waals surface area contributed by atoms with E-state index in [4.69, 9.17) is 40.8 Å². The van der Waals surface area contributed by atoms with E-state index in [9.17, 15) is 0 Å². The van der Waals surface area contributed by atoms with Crippen molar-refractivity contribution in [3.63, 3.8) is 0 Å². The van der Waals surface area contributed by atoms with Crippen LogP contribution in [0.1, 0.15) is 0 Å². The van der Waals surface area contributed by atoms with Gasteiger partial charge < -0.3 is 21.6 Å². The van der Waals surface area contributed by atoms with Crippen molar-refractivity contribution in [2.24, 2.45) is 0 Å². The van der Waals surface area contributed by atoms with Crippen molar-refractivity contribution in [2.75, 3.05) is 0 Å². The summed E-state index contributed by atoms with van der Waals surface area (Å²) in [7, 11) is 0. The van der Waals surface area contributed by atoms with Crippen molar-refractivity contribution < 1.29 is 39.3 Å². The van der Waals surface area contributed by atoms with Gasteiger partial charge in [0, 0.05) is 20.1 Å². The molecule has 13 heavy (non-hydrogen) atoms. The van der Waals surface area contributed by atoms with Crippen molar-refractivity contribution in [1.82, 2.24) is 0 Å². The van der Waals surface area contributed by atoms with Crippen molar-refractivity contribution in [3.05, 3.63) is 21.6 Å². The topological polar surface area (TPSA) is 157 Å². The zero-order valence-electron chi connectivity index (χ0n) is 5.76.